The van der Waals surface area contributed by atoms with Gasteiger partial charge in [-0.15, -0.1) is 0 Å². The first-order valence-electron chi connectivity index (χ1n) is 7.70. The first kappa shape index (κ1) is 15.9. The number of carbonyl (C=O) groups is 1. The minimum Gasteiger partial charge on any atom is -0.496 e. The fraction of sp³-hybridized carbons (Fsp3) is 0.316. The summed E-state index contributed by atoms with van der Waals surface area (Å²) in [7, 11) is 1.62. The molecular formula is C19H19ClO3. The van der Waals surface area contributed by atoms with Crippen molar-refractivity contribution in [1.29, 1.82) is 0 Å². The molecule has 0 atom stereocenters. The van der Waals surface area contributed by atoms with E-state index >= 15 is 0 Å². The zero-order valence-electron chi connectivity index (χ0n) is 13.0. The Morgan fingerprint density at radius 1 is 1.22 bits per heavy atom. The number of rotatable bonds is 5. The van der Waals surface area contributed by atoms with E-state index in [1.165, 1.54) is 12.0 Å². The number of hydrogen-bond donors (Lipinski definition) is 1. The molecule has 0 saturated heterocycles. The number of methoxy groups -OCH3 is 1. The molecule has 0 aliphatic heterocycles. The molecule has 1 aliphatic rings. The van der Waals surface area contributed by atoms with Crippen LogP contribution in [0.4, 0.5) is 0 Å². The third kappa shape index (κ3) is 3.06. The molecule has 1 aliphatic carbocycles. The first-order chi connectivity index (χ1) is 11.0. The summed E-state index contributed by atoms with van der Waals surface area (Å²) in [6.07, 6.45) is 4.15. The van der Waals surface area contributed by atoms with Crippen molar-refractivity contribution in [3.8, 4) is 5.75 Å². The van der Waals surface area contributed by atoms with Gasteiger partial charge in [0.2, 0.25) is 0 Å². The molecule has 0 spiro atoms. The second-order valence-electron chi connectivity index (χ2n) is 6.15. The van der Waals surface area contributed by atoms with Crippen LogP contribution >= 0.6 is 11.6 Å². The van der Waals surface area contributed by atoms with Crippen LogP contribution in [-0.4, -0.2) is 18.2 Å². The van der Waals surface area contributed by atoms with Crippen molar-refractivity contribution in [3.63, 3.8) is 0 Å². The summed E-state index contributed by atoms with van der Waals surface area (Å²) < 4.78 is 5.44. The third-order valence-electron chi connectivity index (χ3n) is 4.82. The molecule has 4 heteroatoms. The van der Waals surface area contributed by atoms with Crippen LogP contribution in [-0.2, 0) is 11.8 Å². The van der Waals surface area contributed by atoms with E-state index in [1.807, 2.05) is 12.1 Å². The van der Waals surface area contributed by atoms with Crippen molar-refractivity contribution >= 4 is 17.6 Å². The van der Waals surface area contributed by atoms with E-state index in [0.717, 1.165) is 35.6 Å². The zero-order valence-corrected chi connectivity index (χ0v) is 13.8. The molecule has 1 saturated carbocycles. The highest BCUT2D eigenvalue weighted by Crippen LogP contribution is 2.47. The van der Waals surface area contributed by atoms with Crippen LogP contribution in [0.25, 0.3) is 0 Å². The van der Waals surface area contributed by atoms with Gasteiger partial charge in [-0.05, 0) is 66.1 Å². The van der Waals surface area contributed by atoms with Gasteiger partial charge in [0.05, 0.1) is 12.7 Å². The molecule has 0 heterocycles. The van der Waals surface area contributed by atoms with Crippen LogP contribution in [0.5, 0.6) is 5.75 Å². The Morgan fingerprint density at radius 2 is 1.91 bits per heavy atom. The predicted molar refractivity (Wildman–Crippen MR) is 90.6 cm³/mol. The summed E-state index contributed by atoms with van der Waals surface area (Å²) in [6, 6.07) is 13.1. The number of hydrogen-bond acceptors (Lipinski definition) is 2. The fourth-order valence-corrected chi connectivity index (χ4v) is 3.51. The lowest BCUT2D eigenvalue weighted by molar-refractivity contribution is 0.0696. The van der Waals surface area contributed by atoms with Gasteiger partial charge in [-0.1, -0.05) is 30.2 Å². The SMILES string of the molecule is COc1ccc(C(=O)O)cc1CC1(c2ccc(Cl)cc2)CCC1. The lowest BCUT2D eigenvalue weighted by Crippen LogP contribution is -2.36. The molecule has 1 fully saturated rings. The number of carboxylic acid groups (broad SMARTS) is 1. The zero-order chi connectivity index (χ0) is 16.4. The van der Waals surface area contributed by atoms with Crippen molar-refractivity contribution in [2.24, 2.45) is 0 Å². The van der Waals surface area contributed by atoms with Crippen LogP contribution < -0.4 is 4.74 Å². The second-order valence-corrected chi connectivity index (χ2v) is 6.59. The van der Waals surface area contributed by atoms with Crippen molar-refractivity contribution < 1.29 is 14.6 Å². The number of ether oxygens (including phenoxy) is 1. The van der Waals surface area contributed by atoms with E-state index in [0.29, 0.717) is 5.56 Å². The Hall–Kier alpha value is -2.00. The highest BCUT2D eigenvalue weighted by molar-refractivity contribution is 6.30. The Kier molecular flexibility index (Phi) is 4.31. The molecule has 120 valence electrons. The van der Waals surface area contributed by atoms with Gasteiger partial charge >= 0.3 is 5.97 Å². The van der Waals surface area contributed by atoms with E-state index in [4.69, 9.17) is 16.3 Å². The molecule has 2 aromatic rings. The maximum absolute atomic E-state index is 11.3. The number of halogens is 1. The van der Waals surface area contributed by atoms with Gasteiger partial charge in [0.25, 0.3) is 0 Å². The molecule has 1 N–H and O–H groups in total. The molecule has 0 radical (unpaired) electrons. The first-order valence-corrected chi connectivity index (χ1v) is 8.08. The fourth-order valence-electron chi connectivity index (χ4n) is 3.39. The van der Waals surface area contributed by atoms with E-state index in [2.05, 4.69) is 12.1 Å². The summed E-state index contributed by atoms with van der Waals surface area (Å²) in [6.45, 7) is 0. The lowest BCUT2D eigenvalue weighted by Gasteiger charge is -2.43. The normalized spacial score (nSPS) is 15.7. The largest absolute Gasteiger partial charge is 0.496 e. The van der Waals surface area contributed by atoms with Crippen LogP contribution in [0, 0.1) is 0 Å². The van der Waals surface area contributed by atoms with Gasteiger partial charge < -0.3 is 9.84 Å². The Balaban J connectivity index is 1.97. The van der Waals surface area contributed by atoms with Gasteiger partial charge in [0.15, 0.2) is 0 Å². The quantitative estimate of drug-likeness (QED) is 0.863. The topological polar surface area (TPSA) is 46.5 Å². The second kappa shape index (κ2) is 6.25. The minimum atomic E-state index is -0.914. The van der Waals surface area contributed by atoms with Crippen molar-refractivity contribution in [1.82, 2.24) is 0 Å². The van der Waals surface area contributed by atoms with Crippen molar-refractivity contribution in [2.75, 3.05) is 7.11 Å². The molecule has 3 nitrogen and oxygen atoms in total. The average Bonchev–Trinajstić information content (AvgIpc) is 2.51. The summed E-state index contributed by atoms with van der Waals surface area (Å²) in [5.41, 5.74) is 2.55. The van der Waals surface area contributed by atoms with E-state index in [9.17, 15) is 9.90 Å². The summed E-state index contributed by atoms with van der Waals surface area (Å²) in [5, 5.41) is 9.96. The molecular weight excluding hydrogens is 312 g/mol. The highest BCUT2D eigenvalue weighted by atomic mass is 35.5. The third-order valence-corrected chi connectivity index (χ3v) is 5.08. The van der Waals surface area contributed by atoms with Crippen LogP contribution in [0.3, 0.4) is 0 Å². The van der Waals surface area contributed by atoms with Gasteiger partial charge in [-0.25, -0.2) is 4.79 Å². The maximum Gasteiger partial charge on any atom is 0.335 e. The van der Waals surface area contributed by atoms with E-state index in [-0.39, 0.29) is 5.41 Å². The molecule has 23 heavy (non-hydrogen) atoms. The smallest absolute Gasteiger partial charge is 0.335 e. The Labute approximate surface area is 140 Å². The van der Waals surface area contributed by atoms with Gasteiger partial charge in [-0.2, -0.15) is 0 Å². The highest BCUT2D eigenvalue weighted by Gasteiger charge is 2.39. The summed E-state index contributed by atoms with van der Waals surface area (Å²) in [5.74, 6) is -0.168. The Morgan fingerprint density at radius 3 is 2.43 bits per heavy atom. The molecule has 0 aromatic heterocycles. The summed E-state index contributed by atoms with van der Waals surface area (Å²) in [4.78, 5) is 11.3. The average molecular weight is 331 g/mol. The monoisotopic (exact) mass is 330 g/mol. The van der Waals surface area contributed by atoms with Gasteiger partial charge in [0.1, 0.15) is 5.75 Å². The van der Waals surface area contributed by atoms with Gasteiger partial charge in [-0.3, -0.25) is 0 Å². The van der Waals surface area contributed by atoms with Crippen LogP contribution in [0.2, 0.25) is 5.02 Å². The lowest BCUT2D eigenvalue weighted by atomic mass is 9.61. The molecule has 0 bridgehead atoms. The number of aromatic carboxylic acids is 1. The molecule has 0 unspecified atom stereocenters. The van der Waals surface area contributed by atoms with E-state index < -0.39 is 5.97 Å². The minimum absolute atomic E-state index is 0.0506. The summed E-state index contributed by atoms with van der Waals surface area (Å²) >= 11 is 6.00. The molecule has 2 aromatic carbocycles. The van der Waals surface area contributed by atoms with Crippen LogP contribution in [0.1, 0.15) is 40.7 Å². The Bertz CT molecular complexity index is 718. The standard InChI is InChI=1S/C19H19ClO3/c1-23-17-8-3-13(18(21)22)11-14(17)12-19(9-2-10-19)15-4-6-16(20)7-5-15/h3-8,11H,2,9-10,12H2,1H3,(H,21,22). The maximum atomic E-state index is 11.3. The van der Waals surface area contributed by atoms with Gasteiger partial charge in [0, 0.05) is 5.02 Å². The molecule has 0 amide bonds. The number of carboxylic acids is 1. The van der Waals surface area contributed by atoms with Crippen LogP contribution in [0.15, 0.2) is 42.5 Å². The van der Waals surface area contributed by atoms with Crippen molar-refractivity contribution in [3.05, 3.63) is 64.2 Å². The number of benzene rings is 2. The van der Waals surface area contributed by atoms with Crippen molar-refractivity contribution in [2.45, 2.75) is 31.1 Å². The predicted octanol–water partition coefficient (Wildman–Crippen LogP) is 4.71. The molecule has 3 rings (SSSR count). The van der Waals surface area contributed by atoms with E-state index in [1.54, 1.807) is 25.3 Å².